The van der Waals surface area contributed by atoms with Gasteiger partial charge in [0.1, 0.15) is 4.83 Å². The van der Waals surface area contributed by atoms with E-state index in [0.29, 0.717) is 23.7 Å². The molecule has 1 rings (SSSR count). The van der Waals surface area contributed by atoms with Crippen molar-refractivity contribution in [2.75, 3.05) is 0 Å². The lowest BCUT2D eigenvalue weighted by molar-refractivity contribution is -0.138. The van der Waals surface area contributed by atoms with Crippen molar-refractivity contribution in [2.45, 2.75) is 44.9 Å². The lowest BCUT2D eigenvalue weighted by Gasteiger charge is -2.38. The minimum Gasteiger partial charge on any atom is -0.480 e. The second-order valence-corrected chi connectivity index (χ2v) is 6.22. The van der Waals surface area contributed by atoms with E-state index in [9.17, 15) is 4.79 Å². The average molecular weight is 277 g/mol. The summed E-state index contributed by atoms with van der Waals surface area (Å²) < 4.78 is 0. The Bertz CT molecular complexity index is 228. The van der Waals surface area contributed by atoms with Crippen molar-refractivity contribution >= 4 is 21.9 Å². The summed E-state index contributed by atoms with van der Waals surface area (Å²) >= 11 is 3.34. The van der Waals surface area contributed by atoms with Crippen LogP contribution in [0.1, 0.15) is 40.0 Å². The zero-order valence-electron chi connectivity index (χ0n) is 9.74. The molecule has 88 valence electrons. The van der Waals surface area contributed by atoms with E-state index in [2.05, 4.69) is 36.7 Å². The molecule has 0 bridgehead atoms. The zero-order chi connectivity index (χ0) is 11.6. The lowest BCUT2D eigenvalue weighted by Crippen LogP contribution is -2.36. The van der Waals surface area contributed by atoms with E-state index in [1.807, 2.05) is 0 Å². The Labute approximate surface area is 101 Å². The van der Waals surface area contributed by atoms with Gasteiger partial charge in [-0.05, 0) is 36.5 Å². The van der Waals surface area contributed by atoms with Crippen LogP contribution >= 0.6 is 15.9 Å². The molecule has 0 aromatic rings. The molecule has 4 atom stereocenters. The Hall–Kier alpha value is -0.0500. The van der Waals surface area contributed by atoms with Crippen LogP contribution in [0.2, 0.25) is 0 Å². The fraction of sp³-hybridized carbons (Fsp3) is 0.917. The molecule has 0 amide bonds. The number of carboxylic acid groups (broad SMARTS) is 1. The van der Waals surface area contributed by atoms with E-state index >= 15 is 0 Å². The van der Waals surface area contributed by atoms with Crippen molar-refractivity contribution < 1.29 is 9.90 Å². The standard InChI is InChI=1S/C12H21BrO2/c1-7(2)9-5-4-8(3)6-10(9)11(13)12(14)15/h7-11H,4-6H2,1-3H3,(H,14,15)/t8-,9?,10-,11+/m1/s1. The van der Waals surface area contributed by atoms with Gasteiger partial charge in [-0.1, -0.05) is 43.1 Å². The van der Waals surface area contributed by atoms with Crippen LogP contribution in [0.3, 0.4) is 0 Å². The third-order valence-electron chi connectivity index (χ3n) is 3.69. The predicted molar refractivity (Wildman–Crippen MR) is 65.2 cm³/mol. The maximum absolute atomic E-state index is 11.0. The molecule has 0 aromatic heterocycles. The molecular weight excluding hydrogens is 256 g/mol. The third kappa shape index (κ3) is 3.20. The minimum atomic E-state index is -0.709. The number of hydrogen-bond donors (Lipinski definition) is 1. The summed E-state index contributed by atoms with van der Waals surface area (Å²) in [5, 5.41) is 9.07. The van der Waals surface area contributed by atoms with Gasteiger partial charge < -0.3 is 5.11 Å². The Balaban J connectivity index is 2.74. The van der Waals surface area contributed by atoms with Crippen LogP contribution in [0.25, 0.3) is 0 Å². The van der Waals surface area contributed by atoms with Gasteiger partial charge in [-0.15, -0.1) is 0 Å². The number of carbonyl (C=O) groups is 1. The summed E-state index contributed by atoms with van der Waals surface area (Å²) in [5.41, 5.74) is 0. The Morgan fingerprint density at radius 2 is 1.93 bits per heavy atom. The first kappa shape index (κ1) is 13.0. The van der Waals surface area contributed by atoms with Gasteiger partial charge >= 0.3 is 5.97 Å². The number of rotatable bonds is 3. The van der Waals surface area contributed by atoms with Crippen LogP contribution in [0.4, 0.5) is 0 Å². The third-order valence-corrected chi connectivity index (χ3v) is 4.76. The molecule has 1 N–H and O–H groups in total. The smallest absolute Gasteiger partial charge is 0.317 e. The SMILES string of the molecule is CC(C)C1CC[C@@H](C)C[C@H]1[C@H](Br)C(=O)O. The molecular formula is C12H21BrO2. The van der Waals surface area contributed by atoms with Crippen LogP contribution in [-0.2, 0) is 4.79 Å². The summed E-state index contributed by atoms with van der Waals surface area (Å²) in [7, 11) is 0. The molecule has 3 heteroatoms. The second kappa shape index (κ2) is 5.33. The van der Waals surface area contributed by atoms with E-state index in [0.717, 1.165) is 6.42 Å². The molecule has 0 saturated heterocycles. The highest BCUT2D eigenvalue weighted by molar-refractivity contribution is 9.10. The molecule has 1 aliphatic rings. The van der Waals surface area contributed by atoms with Crippen molar-refractivity contribution in [1.82, 2.24) is 0 Å². The van der Waals surface area contributed by atoms with Gasteiger partial charge in [-0.3, -0.25) is 4.79 Å². The number of hydrogen-bond acceptors (Lipinski definition) is 1. The number of halogens is 1. The Morgan fingerprint density at radius 3 is 2.40 bits per heavy atom. The molecule has 1 fully saturated rings. The molecule has 1 aliphatic carbocycles. The van der Waals surface area contributed by atoms with E-state index < -0.39 is 5.97 Å². The summed E-state index contributed by atoms with van der Waals surface area (Å²) in [4.78, 5) is 10.7. The number of alkyl halides is 1. The monoisotopic (exact) mass is 276 g/mol. The highest BCUT2D eigenvalue weighted by atomic mass is 79.9. The van der Waals surface area contributed by atoms with Crippen LogP contribution in [0.5, 0.6) is 0 Å². The van der Waals surface area contributed by atoms with Gasteiger partial charge in [-0.25, -0.2) is 0 Å². The molecule has 0 heterocycles. The second-order valence-electron chi connectivity index (χ2n) is 5.23. The van der Waals surface area contributed by atoms with Crippen LogP contribution < -0.4 is 0 Å². The Morgan fingerprint density at radius 1 is 1.33 bits per heavy atom. The highest BCUT2D eigenvalue weighted by Gasteiger charge is 2.37. The van der Waals surface area contributed by atoms with Gasteiger partial charge in [0.05, 0.1) is 0 Å². The van der Waals surface area contributed by atoms with Gasteiger partial charge in [0.25, 0.3) is 0 Å². The van der Waals surface area contributed by atoms with E-state index in [-0.39, 0.29) is 4.83 Å². The van der Waals surface area contributed by atoms with Crippen LogP contribution in [0.15, 0.2) is 0 Å². The molecule has 0 radical (unpaired) electrons. The highest BCUT2D eigenvalue weighted by Crippen LogP contribution is 2.41. The van der Waals surface area contributed by atoms with Crippen molar-refractivity contribution in [3.63, 3.8) is 0 Å². The van der Waals surface area contributed by atoms with E-state index in [1.54, 1.807) is 0 Å². The maximum Gasteiger partial charge on any atom is 0.317 e. The maximum atomic E-state index is 11.0. The van der Waals surface area contributed by atoms with E-state index in [4.69, 9.17) is 5.11 Å². The van der Waals surface area contributed by atoms with Crippen molar-refractivity contribution in [3.8, 4) is 0 Å². The first-order valence-corrected chi connectivity index (χ1v) is 6.72. The largest absolute Gasteiger partial charge is 0.480 e. The average Bonchev–Trinajstić information content (AvgIpc) is 2.15. The molecule has 2 nitrogen and oxygen atoms in total. The fourth-order valence-electron chi connectivity index (χ4n) is 2.80. The number of aliphatic carboxylic acids is 1. The molecule has 0 spiro atoms. The molecule has 1 unspecified atom stereocenters. The quantitative estimate of drug-likeness (QED) is 0.801. The lowest BCUT2D eigenvalue weighted by atomic mass is 9.69. The van der Waals surface area contributed by atoms with Crippen LogP contribution in [0, 0.1) is 23.7 Å². The minimum absolute atomic E-state index is 0.297. The van der Waals surface area contributed by atoms with Crippen molar-refractivity contribution in [1.29, 1.82) is 0 Å². The first-order valence-electron chi connectivity index (χ1n) is 5.80. The van der Waals surface area contributed by atoms with Gasteiger partial charge in [-0.2, -0.15) is 0 Å². The molecule has 0 aromatic carbocycles. The van der Waals surface area contributed by atoms with Gasteiger partial charge in [0.15, 0.2) is 0 Å². The topological polar surface area (TPSA) is 37.3 Å². The van der Waals surface area contributed by atoms with Crippen LogP contribution in [-0.4, -0.2) is 15.9 Å². The normalized spacial score (nSPS) is 34.1. The summed E-state index contributed by atoms with van der Waals surface area (Å²) in [6, 6.07) is 0. The molecule has 15 heavy (non-hydrogen) atoms. The molecule has 0 aliphatic heterocycles. The summed E-state index contributed by atoms with van der Waals surface area (Å²) in [6.07, 6.45) is 3.47. The number of carboxylic acids is 1. The van der Waals surface area contributed by atoms with Crippen molar-refractivity contribution in [2.24, 2.45) is 23.7 Å². The summed E-state index contributed by atoms with van der Waals surface area (Å²) in [6.45, 7) is 6.63. The first-order chi connectivity index (χ1) is 6.93. The Kier molecular flexibility index (Phi) is 4.63. The van der Waals surface area contributed by atoms with E-state index in [1.165, 1.54) is 12.8 Å². The van der Waals surface area contributed by atoms with Gasteiger partial charge in [0.2, 0.25) is 0 Å². The predicted octanol–water partition coefficient (Wildman–Crippen LogP) is 3.54. The van der Waals surface area contributed by atoms with Gasteiger partial charge in [0, 0.05) is 0 Å². The zero-order valence-corrected chi connectivity index (χ0v) is 11.3. The molecule has 1 saturated carbocycles. The fourth-order valence-corrected chi connectivity index (χ4v) is 3.40. The summed E-state index contributed by atoms with van der Waals surface area (Å²) in [5.74, 6) is 1.40. The van der Waals surface area contributed by atoms with Crippen molar-refractivity contribution in [3.05, 3.63) is 0 Å².